The zero-order chi connectivity index (χ0) is 22.2. The van der Waals surface area contributed by atoms with Crippen LogP contribution in [0, 0.1) is 28.6 Å². The van der Waals surface area contributed by atoms with Crippen LogP contribution in [0.5, 0.6) is 0 Å². The first-order chi connectivity index (χ1) is 14.5. The maximum atomic E-state index is 9.40. The van der Waals surface area contributed by atoms with Crippen LogP contribution in [0.3, 0.4) is 0 Å². The van der Waals surface area contributed by atoms with Crippen molar-refractivity contribution in [3.8, 4) is 12.1 Å². The number of aliphatic hydroxyl groups excluding tert-OH is 1. The van der Waals surface area contributed by atoms with Crippen molar-refractivity contribution >= 4 is 11.9 Å². The van der Waals surface area contributed by atoms with Gasteiger partial charge in [0.15, 0.2) is 6.10 Å². The number of hydrogen-bond donors (Lipinski definition) is 1. The number of nitriles is 2. The van der Waals surface area contributed by atoms with Gasteiger partial charge in [0.05, 0.1) is 30.4 Å². The summed E-state index contributed by atoms with van der Waals surface area (Å²) in [5.41, 5.74) is 2.54. The molecular formula is C24H32N4O2. The maximum Gasteiger partial charge on any atom is 0.152 e. The lowest BCUT2D eigenvalue weighted by Gasteiger charge is -2.10. The predicted octanol–water partition coefficient (Wildman–Crippen LogP) is 5.16. The SMILES string of the molecule is C/C=C/C=C(\C=C(C)\N=C\CCCCC(C)O)C1=NOC([C@H](C#N)/C=C/CC#N)C1. The summed E-state index contributed by atoms with van der Waals surface area (Å²) in [6, 6.07) is 4.24. The summed E-state index contributed by atoms with van der Waals surface area (Å²) < 4.78 is 0. The molecule has 1 N–H and O–H groups in total. The molecule has 6 nitrogen and oxygen atoms in total. The quantitative estimate of drug-likeness (QED) is 0.208. The van der Waals surface area contributed by atoms with E-state index in [-0.39, 0.29) is 18.6 Å². The smallest absolute Gasteiger partial charge is 0.152 e. The molecule has 1 aliphatic rings. The maximum absolute atomic E-state index is 9.40. The third kappa shape index (κ3) is 10.0. The Morgan fingerprint density at radius 2 is 2.20 bits per heavy atom. The minimum absolute atomic E-state index is 0.247. The Labute approximate surface area is 180 Å². The highest BCUT2D eigenvalue weighted by molar-refractivity contribution is 6.03. The first-order valence-electron chi connectivity index (χ1n) is 10.4. The largest absolute Gasteiger partial charge is 0.393 e. The van der Waals surface area contributed by atoms with Crippen molar-refractivity contribution in [2.75, 3.05) is 0 Å². The molecule has 1 heterocycles. The van der Waals surface area contributed by atoms with Gasteiger partial charge in [0.1, 0.15) is 5.92 Å². The van der Waals surface area contributed by atoms with Crippen molar-refractivity contribution in [1.29, 1.82) is 10.5 Å². The average molecular weight is 409 g/mol. The molecule has 0 saturated carbocycles. The molecule has 0 saturated heterocycles. The fourth-order valence-corrected chi connectivity index (χ4v) is 2.85. The highest BCUT2D eigenvalue weighted by atomic mass is 16.6. The lowest BCUT2D eigenvalue weighted by molar-refractivity contribution is 0.0695. The van der Waals surface area contributed by atoms with Crippen molar-refractivity contribution in [3.05, 3.63) is 47.7 Å². The van der Waals surface area contributed by atoms with Crippen LogP contribution in [0.25, 0.3) is 0 Å². The monoisotopic (exact) mass is 408 g/mol. The minimum Gasteiger partial charge on any atom is -0.393 e. The molecular weight excluding hydrogens is 376 g/mol. The lowest BCUT2D eigenvalue weighted by Crippen LogP contribution is -2.18. The van der Waals surface area contributed by atoms with Crippen LogP contribution in [0.15, 0.2) is 57.9 Å². The summed E-state index contributed by atoms with van der Waals surface area (Å²) in [4.78, 5) is 10.0. The molecule has 160 valence electrons. The van der Waals surface area contributed by atoms with Crippen LogP contribution < -0.4 is 0 Å². The minimum atomic E-state index is -0.452. The van der Waals surface area contributed by atoms with E-state index in [1.54, 1.807) is 19.1 Å². The molecule has 0 aromatic carbocycles. The second kappa shape index (κ2) is 15.0. The van der Waals surface area contributed by atoms with Gasteiger partial charge in [-0.15, -0.1) is 0 Å². The topological polar surface area (TPSA) is 102 Å². The number of nitrogens with zero attached hydrogens (tertiary/aromatic N) is 4. The van der Waals surface area contributed by atoms with Gasteiger partial charge in [-0.2, -0.15) is 10.5 Å². The standard InChI is InChI=1S/C24H32N4O2/c1-4-5-12-21(16-19(2)27-15-10-6-7-11-20(3)29)23-17-24(30-28-23)22(18-26)13-8-9-14-25/h4-5,8,12-13,15-16,20,22,24,29H,6-7,9-11,17H2,1-3H3/b5-4+,13-8+,19-16+,21-12+,27-15+/t20?,22-,24?/m0/s1. The molecule has 0 fully saturated rings. The fraction of sp³-hybridized carbons (Fsp3) is 0.500. The highest BCUT2D eigenvalue weighted by Gasteiger charge is 2.29. The van der Waals surface area contributed by atoms with Crippen molar-refractivity contribution in [3.63, 3.8) is 0 Å². The Morgan fingerprint density at radius 3 is 2.87 bits per heavy atom. The Bertz CT molecular complexity index is 789. The van der Waals surface area contributed by atoms with Gasteiger partial charge in [-0.1, -0.05) is 42.0 Å². The molecule has 0 aromatic heterocycles. The fourth-order valence-electron chi connectivity index (χ4n) is 2.85. The molecule has 1 aliphatic heterocycles. The molecule has 0 amide bonds. The Balaban J connectivity index is 2.75. The van der Waals surface area contributed by atoms with Crippen LogP contribution in [-0.4, -0.2) is 29.2 Å². The van der Waals surface area contributed by atoms with E-state index in [2.05, 4.69) is 16.2 Å². The normalized spacial score (nSPS) is 19.7. The molecule has 30 heavy (non-hydrogen) atoms. The van der Waals surface area contributed by atoms with Gasteiger partial charge < -0.3 is 9.94 Å². The van der Waals surface area contributed by atoms with E-state index in [0.29, 0.717) is 6.42 Å². The molecule has 6 heteroatoms. The van der Waals surface area contributed by atoms with E-state index in [9.17, 15) is 10.4 Å². The van der Waals surface area contributed by atoms with E-state index >= 15 is 0 Å². The number of rotatable bonds is 12. The molecule has 0 bridgehead atoms. The first-order valence-corrected chi connectivity index (χ1v) is 10.4. The van der Waals surface area contributed by atoms with E-state index < -0.39 is 5.92 Å². The number of hydrogen-bond acceptors (Lipinski definition) is 6. The summed E-state index contributed by atoms with van der Waals surface area (Å²) in [5, 5.41) is 31.5. The Kier molecular flexibility index (Phi) is 12.5. The number of unbranched alkanes of at least 4 members (excludes halogenated alkanes) is 2. The van der Waals surface area contributed by atoms with Gasteiger partial charge in [0, 0.05) is 23.9 Å². The zero-order valence-corrected chi connectivity index (χ0v) is 18.2. The molecule has 1 rings (SSSR count). The van der Waals surface area contributed by atoms with Gasteiger partial charge in [-0.05, 0) is 46.1 Å². The van der Waals surface area contributed by atoms with Crippen molar-refractivity contribution in [2.45, 2.75) is 71.5 Å². The summed E-state index contributed by atoms with van der Waals surface area (Å²) in [6.07, 6.45) is 16.9. The molecule has 0 aromatic rings. The summed E-state index contributed by atoms with van der Waals surface area (Å²) in [6.45, 7) is 5.69. The van der Waals surface area contributed by atoms with Crippen LogP contribution in [-0.2, 0) is 4.84 Å². The molecule has 0 spiro atoms. The molecule has 2 unspecified atom stereocenters. The lowest BCUT2D eigenvalue weighted by atomic mass is 9.95. The van der Waals surface area contributed by atoms with Gasteiger partial charge in [-0.25, -0.2) is 0 Å². The number of aliphatic hydroxyl groups is 1. The van der Waals surface area contributed by atoms with E-state index in [1.165, 1.54) is 0 Å². The average Bonchev–Trinajstić information content (AvgIpc) is 3.20. The van der Waals surface area contributed by atoms with Crippen molar-refractivity contribution in [2.24, 2.45) is 16.1 Å². The van der Waals surface area contributed by atoms with Crippen LogP contribution in [0.1, 0.15) is 59.3 Å². The molecule has 3 atom stereocenters. The zero-order valence-electron chi connectivity index (χ0n) is 18.2. The second-order valence-corrected chi connectivity index (χ2v) is 7.21. The summed E-state index contributed by atoms with van der Waals surface area (Å²) in [7, 11) is 0. The van der Waals surface area contributed by atoms with Crippen molar-refractivity contribution in [1.82, 2.24) is 0 Å². The van der Waals surface area contributed by atoms with Gasteiger partial charge >= 0.3 is 0 Å². The number of oxime groups is 1. The number of aliphatic imine (C=N–C) groups is 1. The van der Waals surface area contributed by atoms with Gasteiger partial charge in [0.25, 0.3) is 0 Å². The Hall–Kier alpha value is -2.96. The van der Waals surface area contributed by atoms with E-state index in [1.807, 2.05) is 50.4 Å². The van der Waals surface area contributed by atoms with Crippen LogP contribution >= 0.6 is 0 Å². The predicted molar refractivity (Wildman–Crippen MR) is 121 cm³/mol. The van der Waals surface area contributed by atoms with Crippen molar-refractivity contribution < 1.29 is 9.94 Å². The second-order valence-electron chi connectivity index (χ2n) is 7.21. The third-order valence-corrected chi connectivity index (χ3v) is 4.46. The molecule has 0 radical (unpaired) electrons. The van der Waals surface area contributed by atoms with Crippen LogP contribution in [0.2, 0.25) is 0 Å². The summed E-state index contributed by atoms with van der Waals surface area (Å²) >= 11 is 0. The molecule has 0 aliphatic carbocycles. The summed E-state index contributed by atoms with van der Waals surface area (Å²) in [5.74, 6) is -0.452. The van der Waals surface area contributed by atoms with E-state index in [4.69, 9.17) is 10.1 Å². The Morgan fingerprint density at radius 1 is 1.40 bits per heavy atom. The third-order valence-electron chi connectivity index (χ3n) is 4.46. The van der Waals surface area contributed by atoms with Gasteiger partial charge in [0.2, 0.25) is 0 Å². The first kappa shape index (κ1) is 25.1. The van der Waals surface area contributed by atoms with Crippen LogP contribution in [0.4, 0.5) is 0 Å². The van der Waals surface area contributed by atoms with E-state index in [0.717, 1.165) is 42.7 Å². The highest BCUT2D eigenvalue weighted by Crippen LogP contribution is 2.24. The number of allylic oxidation sites excluding steroid dienone is 7. The van der Waals surface area contributed by atoms with Gasteiger partial charge in [-0.3, -0.25) is 4.99 Å².